The molecule has 1 heterocycles. The molecule has 0 spiro atoms. The van der Waals surface area contributed by atoms with E-state index in [4.69, 9.17) is 9.47 Å². The Bertz CT molecular complexity index is 1550. The van der Waals surface area contributed by atoms with Crippen LogP contribution in [0.4, 0.5) is 32.3 Å². The van der Waals surface area contributed by atoms with Crippen molar-refractivity contribution in [1.82, 2.24) is 14.9 Å². The lowest BCUT2D eigenvalue weighted by molar-refractivity contribution is -0.134. The number of carbonyl (C=O) groups excluding carboxylic acids is 2. The summed E-state index contributed by atoms with van der Waals surface area (Å²) in [5.41, 5.74) is 0.262. The molecule has 0 saturated carbocycles. The number of esters is 1. The summed E-state index contributed by atoms with van der Waals surface area (Å²) in [5, 5.41) is 3.10. The van der Waals surface area contributed by atoms with Crippen LogP contribution in [0.1, 0.15) is 41.0 Å². The van der Waals surface area contributed by atoms with E-state index in [9.17, 15) is 22.4 Å². The largest absolute Gasteiger partial charge is 0.420 e. The smallest absolute Gasteiger partial charge is 0.414 e. The summed E-state index contributed by atoms with van der Waals surface area (Å²) >= 11 is 0. The first-order valence-corrected chi connectivity index (χ1v) is 15.2. The molecule has 1 aromatic heterocycles. The standard InChI is InChI=1S/C29H37FN6O6S/c1-8-25(37)42-26-22(12-11-13-24(26)41-29(38)34(6)7)32-27-23(18-31-28(33-27)35(9-2)10-3)36(19(4)5)43(39,40)21-16-14-20(30)15-17-21/h11-19H,8-10H2,1-7H3,(H,31,32,33). The van der Waals surface area contributed by atoms with Crippen LogP contribution >= 0.6 is 0 Å². The molecule has 0 radical (unpaired) electrons. The van der Waals surface area contributed by atoms with Gasteiger partial charge in [-0.05, 0) is 64.1 Å². The molecule has 232 valence electrons. The number of nitrogens with one attached hydrogen (secondary N) is 1. The van der Waals surface area contributed by atoms with Crippen LogP contribution in [0.25, 0.3) is 0 Å². The second-order valence-electron chi connectivity index (χ2n) is 9.77. The summed E-state index contributed by atoms with van der Waals surface area (Å²) in [7, 11) is -1.21. The highest BCUT2D eigenvalue weighted by Crippen LogP contribution is 2.40. The lowest BCUT2D eigenvalue weighted by atomic mass is 10.2. The van der Waals surface area contributed by atoms with Crippen LogP contribution in [0.5, 0.6) is 11.5 Å². The minimum absolute atomic E-state index is 0.0373. The Labute approximate surface area is 251 Å². The molecule has 3 aromatic rings. The topological polar surface area (TPSA) is 134 Å². The molecule has 1 N–H and O–H groups in total. The molecular weight excluding hydrogens is 579 g/mol. The van der Waals surface area contributed by atoms with Gasteiger partial charge in [-0.1, -0.05) is 13.0 Å². The van der Waals surface area contributed by atoms with Gasteiger partial charge in [-0.25, -0.2) is 22.6 Å². The fourth-order valence-corrected chi connectivity index (χ4v) is 5.64. The van der Waals surface area contributed by atoms with E-state index in [0.717, 1.165) is 16.4 Å². The summed E-state index contributed by atoms with van der Waals surface area (Å²) in [5.74, 6) is -0.900. The zero-order valence-corrected chi connectivity index (χ0v) is 26.1. The van der Waals surface area contributed by atoms with Gasteiger partial charge >= 0.3 is 12.1 Å². The van der Waals surface area contributed by atoms with Gasteiger partial charge in [-0.3, -0.25) is 9.10 Å². The molecule has 2 aromatic carbocycles. The quantitative estimate of drug-likeness (QED) is 0.214. The average molecular weight is 617 g/mol. The molecule has 0 saturated heterocycles. The van der Waals surface area contributed by atoms with Crippen LogP contribution in [0.15, 0.2) is 53.6 Å². The third-order valence-corrected chi connectivity index (χ3v) is 8.18. The maximum atomic E-state index is 13.9. The first-order valence-electron chi connectivity index (χ1n) is 13.8. The number of nitrogens with zero attached hydrogens (tertiary/aromatic N) is 5. The van der Waals surface area contributed by atoms with Crippen LogP contribution in [0.3, 0.4) is 0 Å². The van der Waals surface area contributed by atoms with Gasteiger partial charge in [0.05, 0.1) is 16.8 Å². The number of sulfonamides is 1. The van der Waals surface area contributed by atoms with Crippen molar-refractivity contribution in [3.63, 3.8) is 0 Å². The number of anilines is 4. The zero-order chi connectivity index (χ0) is 31.9. The predicted molar refractivity (Wildman–Crippen MR) is 162 cm³/mol. The maximum Gasteiger partial charge on any atom is 0.414 e. The molecule has 0 aliphatic carbocycles. The Morgan fingerprint density at radius 3 is 2.21 bits per heavy atom. The Morgan fingerprint density at radius 1 is 1.00 bits per heavy atom. The molecule has 0 atom stereocenters. The van der Waals surface area contributed by atoms with Crippen molar-refractivity contribution in [2.75, 3.05) is 41.7 Å². The number of amides is 1. The van der Waals surface area contributed by atoms with Gasteiger partial charge in [-0.15, -0.1) is 0 Å². The predicted octanol–water partition coefficient (Wildman–Crippen LogP) is 5.19. The van der Waals surface area contributed by atoms with Crippen molar-refractivity contribution in [3.8, 4) is 11.5 Å². The second-order valence-corrected chi connectivity index (χ2v) is 11.6. The molecule has 0 bridgehead atoms. The number of hydrogen-bond acceptors (Lipinski definition) is 10. The second kappa shape index (κ2) is 14.1. The average Bonchev–Trinajstić information content (AvgIpc) is 2.96. The van der Waals surface area contributed by atoms with Crippen molar-refractivity contribution >= 4 is 45.2 Å². The molecule has 43 heavy (non-hydrogen) atoms. The zero-order valence-electron chi connectivity index (χ0n) is 25.3. The van der Waals surface area contributed by atoms with Crippen LogP contribution in [0.2, 0.25) is 0 Å². The Hall–Kier alpha value is -4.46. The normalized spacial score (nSPS) is 11.2. The highest BCUT2D eigenvalue weighted by Gasteiger charge is 2.31. The molecule has 14 heteroatoms. The fraction of sp³-hybridized carbons (Fsp3) is 0.379. The van der Waals surface area contributed by atoms with Crippen LogP contribution in [-0.2, 0) is 14.8 Å². The first kappa shape index (κ1) is 33.0. The number of aromatic nitrogens is 2. The van der Waals surface area contributed by atoms with Crippen molar-refractivity contribution in [3.05, 3.63) is 54.5 Å². The molecular formula is C29H37FN6O6S. The number of benzene rings is 2. The minimum Gasteiger partial charge on any atom is -0.420 e. The number of para-hydroxylation sites is 1. The molecule has 0 fully saturated rings. The van der Waals surface area contributed by atoms with Gasteiger partial charge in [0, 0.05) is 39.6 Å². The van der Waals surface area contributed by atoms with Crippen molar-refractivity contribution in [2.45, 2.75) is 52.0 Å². The monoisotopic (exact) mass is 616 g/mol. The number of rotatable bonds is 12. The van der Waals surface area contributed by atoms with Crippen LogP contribution in [-0.4, -0.2) is 68.6 Å². The Kier molecular flexibility index (Phi) is 10.9. The van der Waals surface area contributed by atoms with Gasteiger partial charge in [0.15, 0.2) is 17.3 Å². The van der Waals surface area contributed by atoms with E-state index in [1.165, 1.54) is 43.4 Å². The Morgan fingerprint density at radius 2 is 1.65 bits per heavy atom. The van der Waals surface area contributed by atoms with E-state index in [-0.39, 0.29) is 40.0 Å². The first-order chi connectivity index (χ1) is 20.3. The lowest BCUT2D eigenvalue weighted by Gasteiger charge is -2.30. The Balaban J connectivity index is 2.25. The molecule has 0 aliphatic rings. The molecule has 0 aliphatic heterocycles. The van der Waals surface area contributed by atoms with Crippen LogP contribution in [0, 0.1) is 5.82 Å². The summed E-state index contributed by atoms with van der Waals surface area (Å²) in [6, 6.07) is 8.49. The van der Waals surface area contributed by atoms with Crippen LogP contribution < -0.4 is 24.0 Å². The van der Waals surface area contributed by atoms with E-state index in [2.05, 4.69) is 15.3 Å². The highest BCUT2D eigenvalue weighted by molar-refractivity contribution is 7.92. The summed E-state index contributed by atoms with van der Waals surface area (Å²) in [4.78, 5) is 36.9. The number of ether oxygens (including phenoxy) is 2. The molecule has 12 nitrogen and oxygen atoms in total. The van der Waals surface area contributed by atoms with Crippen molar-refractivity contribution in [2.24, 2.45) is 0 Å². The van der Waals surface area contributed by atoms with E-state index in [1.54, 1.807) is 32.9 Å². The third kappa shape index (κ3) is 7.69. The number of halogens is 1. The van der Waals surface area contributed by atoms with Crippen molar-refractivity contribution < 1.29 is 31.9 Å². The van der Waals surface area contributed by atoms with E-state index in [0.29, 0.717) is 19.0 Å². The van der Waals surface area contributed by atoms with Crippen molar-refractivity contribution in [1.29, 1.82) is 0 Å². The summed E-state index contributed by atoms with van der Waals surface area (Å²) in [6.45, 7) is 9.98. The van der Waals surface area contributed by atoms with E-state index in [1.807, 2.05) is 18.7 Å². The van der Waals surface area contributed by atoms with E-state index < -0.39 is 33.9 Å². The SMILES string of the molecule is CCC(=O)Oc1c(Nc2nc(N(CC)CC)ncc2N(C(C)C)S(=O)(=O)c2ccc(F)cc2)cccc1OC(=O)N(C)C. The lowest BCUT2D eigenvalue weighted by Crippen LogP contribution is -2.38. The summed E-state index contributed by atoms with van der Waals surface area (Å²) in [6.07, 6.45) is 0.725. The van der Waals surface area contributed by atoms with Gasteiger partial charge < -0.3 is 24.6 Å². The van der Waals surface area contributed by atoms with Gasteiger partial charge in [-0.2, -0.15) is 4.98 Å². The summed E-state index contributed by atoms with van der Waals surface area (Å²) < 4.78 is 53.6. The maximum absolute atomic E-state index is 13.9. The molecule has 0 unspecified atom stereocenters. The fourth-order valence-electron chi connectivity index (χ4n) is 3.98. The third-order valence-electron chi connectivity index (χ3n) is 6.18. The van der Waals surface area contributed by atoms with E-state index >= 15 is 0 Å². The minimum atomic E-state index is -4.22. The number of carbonyl (C=O) groups is 2. The molecule has 3 rings (SSSR count). The molecule has 1 amide bonds. The highest BCUT2D eigenvalue weighted by atomic mass is 32.2. The van der Waals surface area contributed by atoms with Gasteiger partial charge in [0.1, 0.15) is 11.5 Å². The number of hydrogen-bond donors (Lipinski definition) is 1. The van der Waals surface area contributed by atoms with Gasteiger partial charge in [0.2, 0.25) is 5.95 Å². The van der Waals surface area contributed by atoms with Gasteiger partial charge in [0.25, 0.3) is 10.0 Å².